The summed E-state index contributed by atoms with van der Waals surface area (Å²) in [5.74, 6) is 0.734. The number of anilines is 1. The van der Waals surface area contributed by atoms with Gasteiger partial charge in [0.2, 0.25) is 11.8 Å². The van der Waals surface area contributed by atoms with E-state index in [9.17, 15) is 19.2 Å². The Kier molecular flexibility index (Phi) is 7.75. The summed E-state index contributed by atoms with van der Waals surface area (Å²) in [4.78, 5) is 56.5. The van der Waals surface area contributed by atoms with Gasteiger partial charge in [-0.05, 0) is 73.1 Å². The number of piperidine rings is 2. The van der Waals surface area contributed by atoms with E-state index in [4.69, 9.17) is 9.47 Å². The molecule has 12 heteroatoms. The molecule has 1 N–H and O–H groups in total. The molecule has 4 aromatic rings. The number of ether oxygens (including phenoxy) is 2. The lowest BCUT2D eigenvalue weighted by Gasteiger charge is -2.55. The molecule has 4 aliphatic heterocycles. The number of imide groups is 1. The largest absolute Gasteiger partial charge is 0.496 e. The van der Waals surface area contributed by atoms with Crippen molar-refractivity contribution in [2.45, 2.75) is 44.8 Å². The van der Waals surface area contributed by atoms with Gasteiger partial charge in [-0.3, -0.25) is 29.4 Å². The zero-order valence-corrected chi connectivity index (χ0v) is 28.7. The zero-order chi connectivity index (χ0) is 34.0. The number of thiophene rings is 1. The number of aryl methyl sites for hydroxylation is 1. The number of pyridine rings is 1. The predicted molar refractivity (Wildman–Crippen MR) is 187 cm³/mol. The van der Waals surface area contributed by atoms with Gasteiger partial charge in [0.25, 0.3) is 11.5 Å². The maximum Gasteiger partial charge on any atom is 0.259 e. The highest BCUT2D eigenvalue weighted by molar-refractivity contribution is 7.09. The Balaban J connectivity index is 0.925. The highest BCUT2D eigenvalue weighted by atomic mass is 32.1. The summed E-state index contributed by atoms with van der Waals surface area (Å²) in [6, 6.07) is 9.57. The third-order valence-corrected chi connectivity index (χ3v) is 11.7. The Labute approximate surface area is 288 Å². The van der Waals surface area contributed by atoms with Crippen LogP contribution in [0.1, 0.15) is 47.2 Å². The highest BCUT2D eigenvalue weighted by Gasteiger charge is 2.46. The van der Waals surface area contributed by atoms with Crippen molar-refractivity contribution in [3.63, 3.8) is 0 Å². The Bertz CT molecular complexity index is 2050. The maximum atomic E-state index is 13.3. The minimum Gasteiger partial charge on any atom is -0.496 e. The topological polar surface area (TPSA) is 113 Å². The average Bonchev–Trinajstić information content (AvgIpc) is 3.71. The number of nitrogens with one attached hydrogen (secondary N) is 1. The molecule has 0 saturated carbocycles. The van der Waals surface area contributed by atoms with Gasteiger partial charge in [0.15, 0.2) is 0 Å². The Morgan fingerprint density at radius 3 is 2.35 bits per heavy atom. The molecule has 2 aromatic heterocycles. The molecule has 49 heavy (non-hydrogen) atoms. The van der Waals surface area contributed by atoms with Gasteiger partial charge in [0.1, 0.15) is 17.5 Å². The summed E-state index contributed by atoms with van der Waals surface area (Å²) in [7, 11) is 5.16. The number of benzene rings is 2. The number of nitrogens with zero attached hydrogens (tertiary/aromatic N) is 4. The molecule has 3 amide bonds. The van der Waals surface area contributed by atoms with E-state index in [-0.39, 0.29) is 35.1 Å². The summed E-state index contributed by atoms with van der Waals surface area (Å²) in [6.45, 7) is 4.92. The predicted octanol–water partition coefficient (Wildman–Crippen LogP) is 4.15. The Morgan fingerprint density at radius 2 is 1.65 bits per heavy atom. The number of likely N-dealkylation sites (tertiary alicyclic amines) is 1. The molecule has 2 aromatic carbocycles. The number of amides is 3. The molecule has 3 fully saturated rings. The zero-order valence-electron chi connectivity index (χ0n) is 27.9. The van der Waals surface area contributed by atoms with Crippen LogP contribution in [0, 0.1) is 5.41 Å². The number of rotatable bonds is 7. The number of carbonyl (C=O) groups is 3. The van der Waals surface area contributed by atoms with E-state index in [1.54, 1.807) is 30.7 Å². The Hall–Kier alpha value is -4.68. The second-order valence-corrected chi connectivity index (χ2v) is 14.6. The molecule has 0 aliphatic carbocycles. The molecule has 1 atom stereocenters. The molecular weight excluding hydrogens is 643 g/mol. The molecule has 1 spiro atoms. The molecule has 8 rings (SSSR count). The normalized spacial score (nSPS) is 20.5. The van der Waals surface area contributed by atoms with Crippen LogP contribution in [0.4, 0.5) is 5.69 Å². The number of methoxy groups -OCH3 is 2. The van der Waals surface area contributed by atoms with Crippen LogP contribution in [-0.4, -0.2) is 78.5 Å². The third-order valence-electron chi connectivity index (χ3n) is 11.0. The molecule has 11 nitrogen and oxygen atoms in total. The van der Waals surface area contributed by atoms with Crippen LogP contribution in [0.2, 0.25) is 0 Å². The fourth-order valence-electron chi connectivity index (χ4n) is 8.12. The van der Waals surface area contributed by atoms with Crippen molar-refractivity contribution in [2.24, 2.45) is 12.5 Å². The van der Waals surface area contributed by atoms with E-state index >= 15 is 0 Å². The molecule has 3 saturated heterocycles. The van der Waals surface area contributed by atoms with Gasteiger partial charge in [-0.25, -0.2) is 0 Å². The molecule has 4 aliphatic rings. The van der Waals surface area contributed by atoms with Gasteiger partial charge in [0.05, 0.1) is 25.2 Å². The van der Waals surface area contributed by atoms with Crippen molar-refractivity contribution in [1.29, 1.82) is 0 Å². The molecule has 6 heterocycles. The van der Waals surface area contributed by atoms with Gasteiger partial charge < -0.3 is 23.8 Å². The fraction of sp³-hybridized carbons (Fsp3) is 0.405. The first-order chi connectivity index (χ1) is 23.7. The monoisotopic (exact) mass is 681 g/mol. The minimum absolute atomic E-state index is 0.00578. The lowest BCUT2D eigenvalue weighted by molar-refractivity contribution is -0.136. The smallest absolute Gasteiger partial charge is 0.259 e. The Morgan fingerprint density at radius 1 is 0.939 bits per heavy atom. The molecule has 1 unspecified atom stereocenters. The first-order valence-corrected chi connectivity index (χ1v) is 17.7. The maximum absolute atomic E-state index is 13.3. The average molecular weight is 682 g/mol. The van der Waals surface area contributed by atoms with Crippen LogP contribution in [0.5, 0.6) is 11.5 Å². The van der Waals surface area contributed by atoms with E-state index < -0.39 is 6.04 Å². The van der Waals surface area contributed by atoms with E-state index in [1.807, 2.05) is 29.1 Å². The first kappa shape index (κ1) is 31.6. The lowest BCUT2D eigenvalue weighted by Crippen LogP contribution is -2.60. The number of carbonyl (C=O) groups excluding carboxylic acids is 3. The summed E-state index contributed by atoms with van der Waals surface area (Å²) in [5, 5.41) is 7.94. The van der Waals surface area contributed by atoms with Crippen LogP contribution >= 0.6 is 11.3 Å². The second-order valence-electron chi connectivity index (χ2n) is 13.9. The first-order valence-electron chi connectivity index (χ1n) is 16.7. The van der Waals surface area contributed by atoms with Gasteiger partial charge in [0, 0.05) is 78.8 Å². The fourth-order valence-corrected chi connectivity index (χ4v) is 8.94. The molecule has 0 bridgehead atoms. The van der Waals surface area contributed by atoms with Crippen LogP contribution in [-0.2, 0) is 29.7 Å². The van der Waals surface area contributed by atoms with Gasteiger partial charge in [-0.2, -0.15) is 11.3 Å². The minimum atomic E-state index is -0.603. The van der Waals surface area contributed by atoms with E-state index in [0.717, 1.165) is 83.8 Å². The summed E-state index contributed by atoms with van der Waals surface area (Å²) in [6.07, 6.45) is 4.65. The summed E-state index contributed by atoms with van der Waals surface area (Å²) in [5.41, 5.74) is 5.78. The number of hydrogen-bond donors (Lipinski definition) is 1. The molecular formula is C37H39N5O6S. The number of hydrogen-bond acceptors (Lipinski definition) is 9. The van der Waals surface area contributed by atoms with Gasteiger partial charge in [-0.1, -0.05) is 6.07 Å². The van der Waals surface area contributed by atoms with Crippen molar-refractivity contribution in [1.82, 2.24) is 19.7 Å². The van der Waals surface area contributed by atoms with Gasteiger partial charge in [-0.15, -0.1) is 0 Å². The van der Waals surface area contributed by atoms with E-state index in [2.05, 4.69) is 33.3 Å². The summed E-state index contributed by atoms with van der Waals surface area (Å²) < 4.78 is 13.5. The van der Waals surface area contributed by atoms with E-state index in [1.165, 1.54) is 11.3 Å². The number of aromatic nitrogens is 1. The second kappa shape index (κ2) is 12.0. The lowest BCUT2D eigenvalue weighted by atomic mass is 9.71. The van der Waals surface area contributed by atoms with Crippen molar-refractivity contribution < 1.29 is 23.9 Å². The molecule has 254 valence electrons. The highest BCUT2D eigenvalue weighted by Crippen LogP contribution is 2.45. The van der Waals surface area contributed by atoms with Crippen LogP contribution in [0.3, 0.4) is 0 Å². The molecule has 0 radical (unpaired) electrons. The summed E-state index contributed by atoms with van der Waals surface area (Å²) >= 11 is 1.52. The van der Waals surface area contributed by atoms with Crippen molar-refractivity contribution in [3.05, 3.63) is 74.3 Å². The SMILES string of the molecule is COc1cc(-c2cn(C)c(=O)c3cscc23)cc(OC)c1CN1CCC2(CC1)CN(c1ccc3c(c1)C(=O)N(C1CCC(=O)NC1=O)C3)C2. The van der Waals surface area contributed by atoms with Crippen LogP contribution in [0.15, 0.2) is 52.1 Å². The van der Waals surface area contributed by atoms with Crippen molar-refractivity contribution in [2.75, 3.05) is 45.3 Å². The van der Waals surface area contributed by atoms with Crippen LogP contribution in [0.25, 0.3) is 21.9 Å². The van der Waals surface area contributed by atoms with E-state index in [0.29, 0.717) is 30.5 Å². The standard InChI is InChI=1S/C37H39N5O6S/c1-39-16-26(28-18-49-19-29(28)35(39)45)23-12-31(47-2)27(32(13-23)48-3)17-40-10-8-37(9-11-40)20-41(21-37)24-5-4-22-15-42(36(46)25(22)14-24)30-6-7-33(43)38-34(30)44/h4-5,12-14,16,18-19,30H,6-11,15,17,20-21H2,1-3H3,(H,38,43,44). The van der Waals surface area contributed by atoms with Crippen molar-refractivity contribution >= 4 is 45.5 Å². The van der Waals surface area contributed by atoms with Gasteiger partial charge >= 0.3 is 0 Å². The van der Waals surface area contributed by atoms with Crippen molar-refractivity contribution in [3.8, 4) is 22.6 Å². The quantitative estimate of drug-likeness (QED) is 0.290. The number of fused-ring (bicyclic) bond motifs is 2. The van der Waals surface area contributed by atoms with Crippen LogP contribution < -0.4 is 25.2 Å². The third kappa shape index (κ3) is 5.37.